The van der Waals surface area contributed by atoms with Crippen LogP contribution in [0, 0.1) is 18.3 Å². The van der Waals surface area contributed by atoms with Gasteiger partial charge in [-0.25, -0.2) is 15.0 Å². The molecular weight excluding hydrogens is 574 g/mol. The van der Waals surface area contributed by atoms with E-state index in [-0.39, 0.29) is 41.5 Å². The number of carbonyl (C=O) groups is 3. The van der Waals surface area contributed by atoms with E-state index in [1.54, 1.807) is 40.2 Å². The number of Topliss-reactive ketones (excluding diaryl/α,β-unsaturated/α-hetero) is 1. The molecule has 1 saturated carbocycles. The minimum atomic E-state index is -0.623. The first-order valence-electron chi connectivity index (χ1n) is 13.1. The summed E-state index contributed by atoms with van der Waals surface area (Å²) in [7, 11) is 0. The Hall–Kier alpha value is -3.99. The van der Waals surface area contributed by atoms with Gasteiger partial charge in [-0.15, -0.1) is 0 Å². The Morgan fingerprint density at radius 1 is 1.12 bits per heavy atom. The second kappa shape index (κ2) is 9.58. The zero-order valence-corrected chi connectivity index (χ0v) is 24.1. The van der Waals surface area contributed by atoms with Crippen molar-refractivity contribution in [1.82, 2.24) is 29.6 Å². The van der Waals surface area contributed by atoms with E-state index >= 15 is 0 Å². The zero-order valence-electron chi connectivity index (χ0n) is 22.6. The quantitative estimate of drug-likeness (QED) is 0.256. The molecule has 0 unspecified atom stereocenters. The van der Waals surface area contributed by atoms with E-state index < -0.39 is 6.04 Å². The molecule has 4 aromatic rings. The van der Waals surface area contributed by atoms with Gasteiger partial charge in [-0.1, -0.05) is 26.0 Å². The summed E-state index contributed by atoms with van der Waals surface area (Å²) in [6.45, 7) is 7.43. The van der Waals surface area contributed by atoms with Crippen LogP contribution in [0.3, 0.4) is 0 Å². The highest BCUT2D eigenvalue weighted by Crippen LogP contribution is 2.64. The number of hydrogen-bond donors (Lipinski definition) is 1. The maximum absolute atomic E-state index is 13.9. The van der Waals surface area contributed by atoms with Crippen molar-refractivity contribution >= 4 is 50.2 Å². The molecule has 1 aliphatic heterocycles. The number of aryl methyl sites for hydroxylation is 1. The fourth-order valence-electron chi connectivity index (χ4n) is 6.07. The molecule has 204 valence electrons. The van der Waals surface area contributed by atoms with Crippen LogP contribution in [0.4, 0.5) is 5.82 Å². The molecule has 4 heterocycles. The first kappa shape index (κ1) is 26.2. The summed E-state index contributed by atoms with van der Waals surface area (Å²) in [6.07, 6.45) is 4.05. The molecule has 1 aromatic carbocycles. The molecule has 2 fully saturated rings. The number of anilines is 1. The lowest BCUT2D eigenvalue weighted by molar-refractivity contribution is -0.138. The van der Waals surface area contributed by atoms with E-state index in [0.717, 1.165) is 11.1 Å². The molecule has 2 amide bonds. The van der Waals surface area contributed by atoms with Crippen molar-refractivity contribution in [3.8, 4) is 11.1 Å². The Balaban J connectivity index is 1.30. The van der Waals surface area contributed by atoms with Gasteiger partial charge in [0.15, 0.2) is 5.78 Å². The molecule has 4 atom stereocenters. The molecule has 3 aromatic heterocycles. The van der Waals surface area contributed by atoms with Gasteiger partial charge in [0.25, 0.3) is 0 Å². The third-order valence-electron chi connectivity index (χ3n) is 8.39. The van der Waals surface area contributed by atoms with Crippen molar-refractivity contribution in [2.24, 2.45) is 11.3 Å². The van der Waals surface area contributed by atoms with Crippen molar-refractivity contribution in [3.05, 3.63) is 64.9 Å². The number of pyridine rings is 1. The molecule has 0 radical (unpaired) electrons. The van der Waals surface area contributed by atoms with Crippen molar-refractivity contribution < 1.29 is 14.4 Å². The average molecular weight is 602 g/mol. The fraction of sp³-hybridized carbons (Fsp3) is 0.345. The number of nitrogens with zero attached hydrogens (tertiary/aromatic N) is 6. The minimum absolute atomic E-state index is 0.0338. The molecule has 1 aliphatic carbocycles. The summed E-state index contributed by atoms with van der Waals surface area (Å²) in [5.74, 6) is 0.700. The van der Waals surface area contributed by atoms with E-state index in [1.807, 2.05) is 25.1 Å². The lowest BCUT2D eigenvalue weighted by atomic mass is 9.98. The number of hydrogen-bond acceptors (Lipinski definition) is 7. The molecule has 1 N–H and O–H groups in total. The van der Waals surface area contributed by atoms with Gasteiger partial charge in [-0.2, -0.15) is 5.10 Å². The first-order valence-corrected chi connectivity index (χ1v) is 13.9. The van der Waals surface area contributed by atoms with Gasteiger partial charge in [0.1, 0.15) is 34.5 Å². The largest absolute Gasteiger partial charge is 0.325 e. The smallest absolute Gasteiger partial charge is 0.248 e. The number of benzene rings is 1. The molecule has 40 heavy (non-hydrogen) atoms. The fourth-order valence-corrected chi connectivity index (χ4v) is 6.41. The van der Waals surface area contributed by atoms with Gasteiger partial charge in [-0.05, 0) is 70.4 Å². The molecule has 1 saturated heterocycles. The van der Waals surface area contributed by atoms with E-state index in [1.165, 1.54) is 6.92 Å². The summed E-state index contributed by atoms with van der Waals surface area (Å²) in [5, 5.41) is 8.07. The highest BCUT2D eigenvalue weighted by atomic mass is 79.9. The number of halogens is 1. The second-order valence-corrected chi connectivity index (χ2v) is 11.7. The van der Waals surface area contributed by atoms with Crippen LogP contribution in [0.1, 0.15) is 43.5 Å². The van der Waals surface area contributed by atoms with E-state index in [2.05, 4.69) is 55.1 Å². The lowest BCUT2D eigenvalue weighted by Gasteiger charge is -2.28. The third-order valence-corrected chi connectivity index (χ3v) is 8.83. The number of likely N-dealkylation sites (tertiary alicyclic amines) is 1. The van der Waals surface area contributed by atoms with Crippen molar-refractivity contribution in [1.29, 1.82) is 0 Å². The zero-order chi connectivity index (χ0) is 28.3. The molecule has 0 bridgehead atoms. The number of amides is 2. The number of nitrogens with one attached hydrogen (secondary N) is 1. The van der Waals surface area contributed by atoms with Crippen LogP contribution in [0.15, 0.2) is 53.4 Å². The molecule has 10 nitrogen and oxygen atoms in total. The first-order chi connectivity index (χ1) is 19.1. The van der Waals surface area contributed by atoms with Crippen LogP contribution in [0.25, 0.3) is 22.0 Å². The second-order valence-electron chi connectivity index (χ2n) is 10.9. The van der Waals surface area contributed by atoms with Gasteiger partial charge in [0, 0.05) is 36.3 Å². The van der Waals surface area contributed by atoms with Crippen molar-refractivity contribution in [3.63, 3.8) is 0 Å². The van der Waals surface area contributed by atoms with E-state index in [0.29, 0.717) is 39.3 Å². The maximum atomic E-state index is 13.9. The standard InChI is InChI=1S/C29H28BrN7O3/c1-15-27-29(15,4)11-22(28(40)34-24-7-5-6-23(30)33-24)37(27)25(39)14-36-21-9-8-18(19-12-31-17(3)32-13-19)10-20(21)26(35-36)16(2)38/h5-10,12-13,15,22,27H,11,14H2,1-4H3,(H,33,34,40)/t15-,22+,27+,29-/m1/s1. The highest BCUT2D eigenvalue weighted by molar-refractivity contribution is 9.10. The number of ketones is 1. The van der Waals surface area contributed by atoms with Crippen LogP contribution in [0.5, 0.6) is 0 Å². The van der Waals surface area contributed by atoms with Gasteiger partial charge in [0.05, 0.1) is 5.52 Å². The molecule has 6 rings (SSSR count). The Kier molecular flexibility index (Phi) is 6.29. The minimum Gasteiger partial charge on any atom is -0.325 e. The topological polar surface area (TPSA) is 123 Å². The van der Waals surface area contributed by atoms with Gasteiger partial charge < -0.3 is 10.2 Å². The van der Waals surface area contributed by atoms with E-state index in [9.17, 15) is 14.4 Å². The number of fused-ring (bicyclic) bond motifs is 2. The molecular formula is C29H28BrN7O3. The van der Waals surface area contributed by atoms with Crippen LogP contribution in [-0.2, 0) is 16.1 Å². The summed E-state index contributed by atoms with van der Waals surface area (Å²) in [5.41, 5.74) is 2.50. The van der Waals surface area contributed by atoms with Crippen LogP contribution < -0.4 is 5.32 Å². The van der Waals surface area contributed by atoms with Crippen LogP contribution >= 0.6 is 15.9 Å². The lowest BCUT2D eigenvalue weighted by Crippen LogP contribution is -2.47. The molecule has 2 aliphatic rings. The summed E-state index contributed by atoms with van der Waals surface area (Å²) in [4.78, 5) is 54.3. The highest BCUT2D eigenvalue weighted by Gasteiger charge is 2.70. The van der Waals surface area contributed by atoms with Crippen LogP contribution in [0.2, 0.25) is 0 Å². The summed E-state index contributed by atoms with van der Waals surface area (Å²) < 4.78 is 2.18. The van der Waals surface area contributed by atoms with Gasteiger partial charge in [0.2, 0.25) is 11.8 Å². The predicted molar refractivity (Wildman–Crippen MR) is 152 cm³/mol. The number of piperidine rings is 1. The predicted octanol–water partition coefficient (Wildman–Crippen LogP) is 4.43. The average Bonchev–Trinajstić information content (AvgIpc) is 3.20. The number of rotatable bonds is 6. The number of aromatic nitrogens is 5. The maximum Gasteiger partial charge on any atom is 0.248 e. The Bertz CT molecular complexity index is 1680. The summed E-state index contributed by atoms with van der Waals surface area (Å²) >= 11 is 3.33. The Labute approximate surface area is 239 Å². The molecule has 0 spiro atoms. The van der Waals surface area contributed by atoms with Crippen molar-refractivity contribution in [2.75, 3.05) is 5.32 Å². The SMILES string of the molecule is CC(=O)c1nn(CC(=O)N2[C@H]3[C@@H](C)[C@@]3(C)C[C@H]2C(=O)Nc2cccc(Br)n2)c2ccc(-c3cnc(C)nc3)cc12. The Morgan fingerprint density at radius 2 is 1.88 bits per heavy atom. The van der Waals surface area contributed by atoms with Gasteiger partial charge >= 0.3 is 0 Å². The monoisotopic (exact) mass is 601 g/mol. The third kappa shape index (κ3) is 4.38. The Morgan fingerprint density at radius 3 is 2.58 bits per heavy atom. The summed E-state index contributed by atoms with van der Waals surface area (Å²) in [6, 6.07) is 10.3. The number of carbonyl (C=O) groups excluding carboxylic acids is 3. The van der Waals surface area contributed by atoms with Gasteiger partial charge in [-0.3, -0.25) is 19.1 Å². The van der Waals surface area contributed by atoms with E-state index in [4.69, 9.17) is 0 Å². The normalized spacial score (nSPS) is 23.2. The van der Waals surface area contributed by atoms with Crippen molar-refractivity contribution in [2.45, 2.75) is 52.7 Å². The molecule has 11 heteroatoms. The van der Waals surface area contributed by atoms with Crippen LogP contribution in [-0.4, -0.2) is 59.3 Å².